The third-order valence-corrected chi connectivity index (χ3v) is 2.62. The molecular weight excluding hydrogens is 166 g/mol. The smallest absolute Gasteiger partial charge is 0.136 e. The summed E-state index contributed by atoms with van der Waals surface area (Å²) in [6.45, 7) is 3.84. The number of nitrogens with zero attached hydrogens (tertiary/aromatic N) is 3. The van der Waals surface area contributed by atoms with Crippen LogP contribution in [0.25, 0.3) is 0 Å². The molecular formula is C9H15N3O. The van der Waals surface area contributed by atoms with Crippen molar-refractivity contribution in [3.63, 3.8) is 0 Å². The lowest BCUT2D eigenvalue weighted by atomic mass is 10.3. The fourth-order valence-electron chi connectivity index (χ4n) is 1.59. The van der Waals surface area contributed by atoms with E-state index < -0.39 is 0 Å². The second-order valence-corrected chi connectivity index (χ2v) is 3.69. The van der Waals surface area contributed by atoms with Gasteiger partial charge in [-0.1, -0.05) is 6.92 Å². The van der Waals surface area contributed by atoms with Gasteiger partial charge in [-0.25, -0.2) is 0 Å². The van der Waals surface area contributed by atoms with Gasteiger partial charge in [-0.15, -0.1) is 10.2 Å². The highest BCUT2D eigenvalue weighted by atomic mass is 16.5. The maximum Gasteiger partial charge on any atom is 0.136 e. The van der Waals surface area contributed by atoms with E-state index in [1.165, 1.54) is 6.42 Å². The predicted octanol–water partition coefficient (Wildman–Crippen LogP) is 1.05. The van der Waals surface area contributed by atoms with Gasteiger partial charge in [-0.05, 0) is 12.3 Å². The summed E-state index contributed by atoms with van der Waals surface area (Å²) < 4.78 is 7.12. The molecule has 72 valence electrons. The van der Waals surface area contributed by atoms with Crippen LogP contribution < -0.4 is 0 Å². The fraction of sp³-hybridized carbons (Fsp3) is 0.778. The number of rotatable bonds is 4. The Labute approximate surface area is 77.9 Å². The molecule has 0 radical (unpaired) electrons. The van der Waals surface area contributed by atoms with Crippen LogP contribution in [0.3, 0.4) is 0 Å². The van der Waals surface area contributed by atoms with Crippen molar-refractivity contribution in [2.24, 2.45) is 5.92 Å². The van der Waals surface area contributed by atoms with E-state index in [9.17, 15) is 0 Å². The molecule has 1 aliphatic carbocycles. The second kappa shape index (κ2) is 3.46. The van der Waals surface area contributed by atoms with E-state index in [-0.39, 0.29) is 0 Å². The number of ether oxygens (including phenoxy) is 1. The Morgan fingerprint density at radius 2 is 2.46 bits per heavy atom. The first kappa shape index (κ1) is 8.69. The Balaban J connectivity index is 2.03. The van der Waals surface area contributed by atoms with E-state index in [1.807, 2.05) is 0 Å². The van der Waals surface area contributed by atoms with E-state index in [2.05, 4.69) is 21.7 Å². The third-order valence-electron chi connectivity index (χ3n) is 2.62. The van der Waals surface area contributed by atoms with Gasteiger partial charge in [0, 0.05) is 19.6 Å². The molecule has 1 saturated carbocycles. The summed E-state index contributed by atoms with van der Waals surface area (Å²) in [7, 11) is 1.71. The van der Waals surface area contributed by atoms with Gasteiger partial charge in [0.15, 0.2) is 0 Å². The number of hydrogen-bond donors (Lipinski definition) is 0. The van der Waals surface area contributed by atoms with Crippen molar-refractivity contribution in [2.75, 3.05) is 13.7 Å². The summed E-state index contributed by atoms with van der Waals surface area (Å²) in [6, 6.07) is 0. The zero-order chi connectivity index (χ0) is 9.26. The van der Waals surface area contributed by atoms with Crippen LogP contribution in [0.2, 0.25) is 0 Å². The van der Waals surface area contributed by atoms with Crippen LogP contribution in [0.4, 0.5) is 0 Å². The highest BCUT2D eigenvalue weighted by Gasteiger charge is 2.37. The Hall–Kier alpha value is -0.900. The van der Waals surface area contributed by atoms with Crippen molar-refractivity contribution < 1.29 is 4.74 Å². The van der Waals surface area contributed by atoms with Crippen molar-refractivity contribution in [1.82, 2.24) is 14.8 Å². The summed E-state index contributed by atoms with van der Waals surface area (Å²) in [5.41, 5.74) is 0. The van der Waals surface area contributed by atoms with E-state index in [1.54, 1.807) is 13.4 Å². The molecule has 1 heterocycles. The lowest BCUT2D eigenvalue weighted by Gasteiger charge is -2.04. The van der Waals surface area contributed by atoms with Crippen LogP contribution in [0.5, 0.6) is 0 Å². The molecule has 2 unspecified atom stereocenters. The molecule has 0 spiro atoms. The molecule has 13 heavy (non-hydrogen) atoms. The van der Waals surface area contributed by atoms with Crippen LogP contribution >= 0.6 is 0 Å². The molecule has 1 aromatic rings. The molecule has 2 rings (SSSR count). The van der Waals surface area contributed by atoms with Gasteiger partial charge in [0.2, 0.25) is 0 Å². The minimum Gasteiger partial charge on any atom is -0.383 e. The molecule has 0 bridgehead atoms. The maximum atomic E-state index is 5.02. The quantitative estimate of drug-likeness (QED) is 0.697. The average molecular weight is 181 g/mol. The lowest BCUT2D eigenvalue weighted by Crippen LogP contribution is -2.07. The zero-order valence-electron chi connectivity index (χ0n) is 8.10. The molecule has 0 aromatic carbocycles. The van der Waals surface area contributed by atoms with E-state index >= 15 is 0 Å². The lowest BCUT2D eigenvalue weighted by molar-refractivity contribution is 0.186. The normalized spacial score (nSPS) is 26.3. The summed E-state index contributed by atoms with van der Waals surface area (Å²) in [6.07, 6.45) is 3.05. The van der Waals surface area contributed by atoms with E-state index in [0.717, 1.165) is 24.9 Å². The largest absolute Gasteiger partial charge is 0.383 e. The molecule has 1 fully saturated rings. The van der Waals surface area contributed by atoms with Crippen LogP contribution in [0.15, 0.2) is 6.33 Å². The Bertz CT molecular complexity index is 284. The van der Waals surface area contributed by atoms with Gasteiger partial charge in [-0.3, -0.25) is 0 Å². The first-order valence-corrected chi connectivity index (χ1v) is 4.69. The van der Waals surface area contributed by atoms with Crippen molar-refractivity contribution in [3.8, 4) is 0 Å². The first-order valence-electron chi connectivity index (χ1n) is 4.69. The monoisotopic (exact) mass is 181 g/mol. The van der Waals surface area contributed by atoms with Gasteiger partial charge < -0.3 is 9.30 Å². The molecule has 1 aromatic heterocycles. The molecule has 1 aliphatic rings. The molecule has 0 amide bonds. The highest BCUT2D eigenvalue weighted by Crippen LogP contribution is 2.45. The molecule has 0 aliphatic heterocycles. The summed E-state index contributed by atoms with van der Waals surface area (Å²) in [4.78, 5) is 0. The molecule has 0 N–H and O–H groups in total. The minimum absolute atomic E-state index is 0.638. The zero-order valence-corrected chi connectivity index (χ0v) is 8.10. The van der Waals surface area contributed by atoms with Crippen molar-refractivity contribution in [3.05, 3.63) is 12.2 Å². The van der Waals surface area contributed by atoms with E-state index in [0.29, 0.717) is 5.92 Å². The van der Waals surface area contributed by atoms with Crippen molar-refractivity contribution >= 4 is 0 Å². The summed E-state index contributed by atoms with van der Waals surface area (Å²) in [5.74, 6) is 2.55. The molecule has 2 atom stereocenters. The van der Waals surface area contributed by atoms with Crippen LogP contribution in [0.1, 0.15) is 25.1 Å². The number of aromatic nitrogens is 3. The average Bonchev–Trinajstić information content (AvgIpc) is 2.66. The van der Waals surface area contributed by atoms with Gasteiger partial charge >= 0.3 is 0 Å². The first-order chi connectivity index (χ1) is 6.33. The standard InChI is InChI=1S/C9H15N3O/c1-7-5-8(7)9-11-10-6-12(9)3-4-13-2/h6-8H,3-5H2,1-2H3. The topological polar surface area (TPSA) is 39.9 Å². The molecule has 4 heteroatoms. The van der Waals surface area contributed by atoms with Crippen molar-refractivity contribution in [2.45, 2.75) is 25.8 Å². The van der Waals surface area contributed by atoms with Crippen LogP contribution in [-0.2, 0) is 11.3 Å². The minimum atomic E-state index is 0.638. The third kappa shape index (κ3) is 1.72. The van der Waals surface area contributed by atoms with Gasteiger partial charge in [0.1, 0.15) is 12.2 Å². The van der Waals surface area contributed by atoms with Gasteiger partial charge in [0.05, 0.1) is 6.61 Å². The number of hydrogen-bond acceptors (Lipinski definition) is 3. The maximum absolute atomic E-state index is 5.02. The Kier molecular flexibility index (Phi) is 2.31. The Morgan fingerprint density at radius 3 is 3.08 bits per heavy atom. The van der Waals surface area contributed by atoms with Crippen LogP contribution in [-0.4, -0.2) is 28.5 Å². The van der Waals surface area contributed by atoms with Gasteiger partial charge in [0.25, 0.3) is 0 Å². The van der Waals surface area contributed by atoms with Gasteiger partial charge in [-0.2, -0.15) is 0 Å². The molecule has 4 nitrogen and oxygen atoms in total. The second-order valence-electron chi connectivity index (χ2n) is 3.69. The SMILES string of the molecule is COCCn1cnnc1C1CC1C. The highest BCUT2D eigenvalue weighted by molar-refractivity contribution is 5.08. The number of methoxy groups -OCH3 is 1. The van der Waals surface area contributed by atoms with Crippen LogP contribution in [0, 0.1) is 5.92 Å². The summed E-state index contributed by atoms with van der Waals surface area (Å²) >= 11 is 0. The summed E-state index contributed by atoms with van der Waals surface area (Å²) in [5, 5.41) is 8.07. The van der Waals surface area contributed by atoms with E-state index in [4.69, 9.17) is 4.74 Å². The Morgan fingerprint density at radius 1 is 1.69 bits per heavy atom. The predicted molar refractivity (Wildman–Crippen MR) is 48.4 cm³/mol. The molecule has 0 saturated heterocycles. The fourth-order valence-corrected chi connectivity index (χ4v) is 1.59. The van der Waals surface area contributed by atoms with Crippen molar-refractivity contribution in [1.29, 1.82) is 0 Å².